The highest BCUT2D eigenvalue weighted by Crippen LogP contribution is 2.32. The van der Waals surface area contributed by atoms with Crippen LogP contribution in [0.1, 0.15) is 35.1 Å². The fourth-order valence-corrected chi connectivity index (χ4v) is 18.6. The van der Waals surface area contributed by atoms with Gasteiger partial charge in [-0.15, -0.1) is 0 Å². The normalized spacial score (nSPS) is 12.5. The van der Waals surface area contributed by atoms with Gasteiger partial charge in [-0.25, -0.2) is 33.7 Å². The summed E-state index contributed by atoms with van der Waals surface area (Å²) >= 11 is 0. The van der Waals surface area contributed by atoms with Crippen LogP contribution in [0.2, 0.25) is 50.4 Å². The van der Waals surface area contributed by atoms with Gasteiger partial charge < -0.3 is 54.4 Å². The zero-order chi connectivity index (χ0) is 73.8. The van der Waals surface area contributed by atoms with Crippen molar-refractivity contribution >= 4 is 84.4 Å². The number of hydrogen-bond donors (Lipinski definition) is 0. The zero-order valence-electron chi connectivity index (χ0n) is 58.7. The molecule has 548 valence electrons. The van der Waals surface area contributed by atoms with E-state index in [4.69, 9.17) is 54.4 Å². The smallest absolute Gasteiger partial charge is 0.494 e. The zero-order valence-corrected chi connectivity index (χ0v) is 66.0. The largest absolute Gasteiger partial charge is 0.501 e. The van der Waals surface area contributed by atoms with Crippen molar-refractivity contribution in [3.8, 4) is 17.2 Å². The number of halogens is 3. The topological polar surface area (TPSA) is 247 Å². The molecule has 0 atom stereocenters. The quantitative estimate of drug-likeness (QED) is 0.0203. The minimum Gasteiger partial charge on any atom is -0.494 e. The lowest BCUT2D eigenvalue weighted by atomic mass is 10.1. The van der Waals surface area contributed by atoms with Crippen molar-refractivity contribution in [2.45, 2.75) is 113 Å². The van der Waals surface area contributed by atoms with Crippen molar-refractivity contribution in [1.82, 2.24) is 0 Å². The third-order valence-electron chi connectivity index (χ3n) is 16.3. The number of alkyl halides is 3. The summed E-state index contributed by atoms with van der Waals surface area (Å²) in [4.78, 5) is 0.111. The summed E-state index contributed by atoms with van der Waals surface area (Å²) in [5.74, 6) is 1.47. The second-order valence-corrected chi connectivity index (χ2v) is 45.7. The molecular formula is C68H95F3O20S4Si4. The maximum Gasteiger partial charge on any atom is 0.501 e. The molecule has 0 aromatic heterocycles. The van der Waals surface area contributed by atoms with E-state index in [1.54, 1.807) is 118 Å². The molecule has 7 aromatic carbocycles. The Morgan fingerprint density at radius 1 is 0.364 bits per heavy atom. The van der Waals surface area contributed by atoms with Gasteiger partial charge in [-0.2, -0.15) is 13.2 Å². The summed E-state index contributed by atoms with van der Waals surface area (Å²) in [6.07, 6.45) is 4.34. The van der Waals surface area contributed by atoms with Gasteiger partial charge in [0.25, 0.3) is 9.84 Å². The fraction of sp³-hybridized carbons (Fsp3) is 0.412. The van der Waals surface area contributed by atoms with E-state index < -0.39 is 84.0 Å². The van der Waals surface area contributed by atoms with Crippen LogP contribution in [0.4, 0.5) is 13.2 Å². The van der Waals surface area contributed by atoms with Crippen LogP contribution in [0.15, 0.2) is 183 Å². The van der Waals surface area contributed by atoms with E-state index in [0.717, 1.165) is 82.6 Å². The van der Waals surface area contributed by atoms with Crippen LogP contribution in [0.3, 0.4) is 0 Å². The van der Waals surface area contributed by atoms with Crippen molar-refractivity contribution in [2.75, 3.05) is 90.3 Å². The van der Waals surface area contributed by atoms with Crippen LogP contribution in [-0.4, -0.2) is 164 Å². The fourth-order valence-electron chi connectivity index (χ4n) is 9.13. The number of ether oxygens (including phenoxy) is 4. The van der Waals surface area contributed by atoms with E-state index in [1.807, 2.05) is 105 Å². The molecule has 20 nitrogen and oxygen atoms in total. The predicted molar refractivity (Wildman–Crippen MR) is 386 cm³/mol. The lowest BCUT2D eigenvalue weighted by molar-refractivity contribution is -0.0436. The average molecular weight is 1530 g/mol. The Balaban J connectivity index is 0.000000283. The molecule has 0 bridgehead atoms. The number of aryl methyl sites for hydroxylation is 2. The monoisotopic (exact) mass is 1530 g/mol. The predicted octanol–water partition coefficient (Wildman–Crippen LogP) is 13.6. The van der Waals surface area contributed by atoms with Gasteiger partial charge >= 0.3 is 39.8 Å². The molecule has 0 amide bonds. The van der Waals surface area contributed by atoms with Crippen LogP contribution >= 0.6 is 0 Å². The Bertz CT molecular complexity index is 4010. The summed E-state index contributed by atoms with van der Waals surface area (Å²) in [6, 6.07) is 48.7. The molecule has 31 heteroatoms. The number of benzene rings is 7. The van der Waals surface area contributed by atoms with Crippen molar-refractivity contribution in [1.29, 1.82) is 0 Å². The first-order valence-corrected chi connectivity index (χ1v) is 48.0. The molecule has 0 aliphatic carbocycles. The second kappa shape index (κ2) is 39.6. The van der Waals surface area contributed by atoms with E-state index >= 15 is 0 Å². The van der Waals surface area contributed by atoms with Crippen LogP contribution in [0.25, 0.3) is 10.8 Å². The molecule has 0 saturated heterocycles. The molecule has 0 heterocycles. The lowest BCUT2D eigenvalue weighted by Gasteiger charge is -2.22. The highest BCUT2D eigenvalue weighted by Gasteiger charge is 2.47. The molecule has 7 rings (SSSR count). The number of methoxy groups -OCH3 is 1. The second-order valence-electron chi connectivity index (χ2n) is 23.4. The molecule has 99 heavy (non-hydrogen) atoms. The molecule has 0 fully saturated rings. The minimum atomic E-state index is -5.33. The Labute approximate surface area is 588 Å². The molecule has 0 unspecified atom stereocenters. The summed E-state index contributed by atoms with van der Waals surface area (Å²) < 4.78 is 198. The van der Waals surface area contributed by atoms with Crippen LogP contribution in [-0.2, 0) is 104 Å². The number of fused-ring (bicyclic) bond motifs is 1. The molecular weight excluding hydrogens is 1430 g/mol. The van der Waals surface area contributed by atoms with Gasteiger partial charge in [0.1, 0.15) is 17.2 Å². The lowest BCUT2D eigenvalue weighted by Crippen LogP contribution is -2.36. The molecule has 0 saturated carbocycles. The Kier molecular flexibility index (Phi) is 34.3. The molecule has 0 radical (unpaired) electrons. The minimum absolute atomic E-state index is 0.00573. The van der Waals surface area contributed by atoms with Crippen molar-refractivity contribution in [3.63, 3.8) is 0 Å². The SMILES string of the molecule is COCOc1ccc(S(=O)(=O)Cc2ccc(CC[Si](C)(OC)OC)cc2)cc1.CO[Si](C)(CCCOc1ccc(S(=O)(=O)C(F)(F)F)cc1)OC.CO[Si](C)(CCCOc1ccc(S(C)(=O)=O)cc1)OC.CO[Si](C)(CCc1ccc(CS(=O)(=O)c2ccc3ccccc3c2)cc1)OC. The molecule has 0 aliphatic heterocycles. The van der Waals surface area contributed by atoms with Crippen LogP contribution in [0, 0.1) is 0 Å². The van der Waals surface area contributed by atoms with Crippen molar-refractivity contribution in [3.05, 3.63) is 186 Å². The van der Waals surface area contributed by atoms with Gasteiger partial charge in [0, 0.05) is 70.2 Å². The first kappa shape index (κ1) is 85.7. The third kappa shape index (κ3) is 28.2. The maximum absolute atomic E-state index is 12.8. The number of sulfone groups is 4. The standard InChI is InChI=1S/C22H26O4SSi.C20H28O6SSi.C13H19F3O5SSi.C13H22O5SSi/c1-25-28(3,26-2)15-14-18-8-10-19(11-9-18)17-27(23,24)22-13-12-20-6-4-5-7-21(20)16-22;1-23-16-26-19-9-11-20(12-10-19)27(21,22)15-18-7-5-17(6-8-18)13-14-28(4,24-2)25-3;1-19-23(3,20-2)10-4-9-21-11-5-7-12(8-6-11)22(17,18)13(14,15)16;1-16-20(4,17-2)11-5-10-18-12-6-8-13(9-7-12)19(3,14)15/h4-13,16H,14-15,17H2,1-3H3;5-12H,13-16H2,1-4H3;5-8H,4,9-10H2,1-3H3;6-9H,5,10-11H2,1-4H3. The van der Waals surface area contributed by atoms with Crippen LogP contribution in [0.5, 0.6) is 17.2 Å². The van der Waals surface area contributed by atoms with Gasteiger partial charge in [-0.1, -0.05) is 78.9 Å². The van der Waals surface area contributed by atoms with E-state index in [-0.39, 0.29) is 23.2 Å². The van der Waals surface area contributed by atoms with Crippen LogP contribution < -0.4 is 14.2 Å². The van der Waals surface area contributed by atoms with E-state index in [0.29, 0.717) is 52.7 Å². The maximum atomic E-state index is 12.8. The van der Waals surface area contributed by atoms with Gasteiger partial charge in [-0.05, 0) is 194 Å². The third-order valence-corrected chi connectivity index (χ3v) is 34.1. The highest BCUT2D eigenvalue weighted by atomic mass is 32.2. The van der Waals surface area contributed by atoms with Crippen molar-refractivity contribution < 1.29 is 101 Å². The highest BCUT2D eigenvalue weighted by molar-refractivity contribution is 7.92. The summed E-state index contributed by atoms with van der Waals surface area (Å²) in [7, 11) is -8.94. The number of hydrogen-bond acceptors (Lipinski definition) is 20. The van der Waals surface area contributed by atoms with Crippen molar-refractivity contribution in [2.24, 2.45) is 0 Å². The molecule has 0 aliphatic rings. The summed E-state index contributed by atoms with van der Waals surface area (Å²) in [5, 5.41) is 1.97. The Hall–Kier alpha value is -5.70. The van der Waals surface area contributed by atoms with Gasteiger partial charge in [0.2, 0.25) is 0 Å². The summed E-state index contributed by atoms with van der Waals surface area (Å²) in [6.45, 7) is 8.97. The van der Waals surface area contributed by atoms with E-state index in [1.165, 1.54) is 25.5 Å². The van der Waals surface area contributed by atoms with E-state index in [2.05, 4.69) is 0 Å². The van der Waals surface area contributed by atoms with E-state index in [9.17, 15) is 46.8 Å². The first-order valence-electron chi connectivity index (χ1n) is 31.2. The van der Waals surface area contributed by atoms with Gasteiger partial charge in [0.05, 0.1) is 44.3 Å². The molecule has 0 spiro atoms. The Morgan fingerprint density at radius 3 is 1.05 bits per heavy atom. The van der Waals surface area contributed by atoms with Gasteiger partial charge in [0.15, 0.2) is 36.3 Å². The van der Waals surface area contributed by atoms with Gasteiger partial charge in [-0.3, -0.25) is 0 Å². The first-order chi connectivity index (χ1) is 46.5. The Morgan fingerprint density at radius 2 is 0.687 bits per heavy atom. The average Bonchev–Trinajstić information content (AvgIpc) is 0.809. The summed E-state index contributed by atoms with van der Waals surface area (Å²) in [5.41, 5.74) is -1.49. The number of rotatable bonds is 35. The molecule has 0 N–H and O–H groups in total. The molecule has 7 aromatic rings.